The fourth-order valence-corrected chi connectivity index (χ4v) is 5.17. The predicted octanol–water partition coefficient (Wildman–Crippen LogP) is 3.73. The molecule has 4 aromatic rings. The zero-order valence-corrected chi connectivity index (χ0v) is 22.9. The molecule has 0 spiro atoms. The Bertz CT molecular complexity index is 1410. The summed E-state index contributed by atoms with van der Waals surface area (Å²) in [6.45, 7) is 3.97. The minimum atomic E-state index is 0.00129. The lowest BCUT2D eigenvalue weighted by molar-refractivity contribution is 0.0497. The summed E-state index contributed by atoms with van der Waals surface area (Å²) in [5.41, 5.74) is 4.35. The molecule has 39 heavy (non-hydrogen) atoms. The summed E-state index contributed by atoms with van der Waals surface area (Å²) in [6.07, 6.45) is 4.07. The molecule has 1 amide bonds. The Labute approximate surface area is 231 Å². The van der Waals surface area contributed by atoms with Crippen LogP contribution in [0.5, 0.6) is 0 Å². The van der Waals surface area contributed by atoms with Crippen molar-refractivity contribution in [3.05, 3.63) is 47.5 Å². The molecule has 0 unspecified atom stereocenters. The summed E-state index contributed by atoms with van der Waals surface area (Å²) < 4.78 is 20.1. The van der Waals surface area contributed by atoms with E-state index in [0.29, 0.717) is 28.6 Å². The molecule has 11 nitrogen and oxygen atoms in total. The number of aromatic nitrogens is 4. The number of carbonyl (C=O) groups excluding carboxylic acids is 1. The van der Waals surface area contributed by atoms with Crippen LogP contribution in [0.3, 0.4) is 0 Å². The molecule has 4 heterocycles. The molecule has 2 aromatic carbocycles. The minimum absolute atomic E-state index is 0.00129. The molecule has 2 aromatic heterocycles. The summed E-state index contributed by atoms with van der Waals surface area (Å²) in [5, 5.41) is 15.1. The fourth-order valence-electron chi connectivity index (χ4n) is 4.89. The predicted molar refractivity (Wildman–Crippen MR) is 147 cm³/mol. The monoisotopic (exact) mass is 552 g/mol. The van der Waals surface area contributed by atoms with Gasteiger partial charge in [0.05, 0.1) is 0 Å². The average Bonchev–Trinajstić information content (AvgIpc) is 3.66. The molecule has 0 radical (unpaired) electrons. The Balaban J connectivity index is 0.000000158. The molecule has 2 saturated heterocycles. The second-order valence-corrected chi connectivity index (χ2v) is 10.3. The Morgan fingerprint density at radius 2 is 1.31 bits per heavy atom. The van der Waals surface area contributed by atoms with Crippen molar-refractivity contribution in [2.24, 2.45) is 5.92 Å². The maximum absolute atomic E-state index is 12.4. The van der Waals surface area contributed by atoms with Gasteiger partial charge in [0.1, 0.15) is 27.1 Å². The van der Waals surface area contributed by atoms with Crippen molar-refractivity contribution in [1.82, 2.24) is 30.4 Å². The number of nitrogens with zero attached hydrogens (tertiary/aromatic N) is 6. The number of carbonyl (C=O) groups is 1. The standard InChI is InChI=1S/C14H17N3O3.C13H15N3O2S/c1-17(9-10-4-6-19-7-5-10)14(18)11-2-3-12-13(8-11)16-20-15-12;1-16(10-4-6-17-7-5-10)13(19)9-2-3-11-12(8-9)15-18-14-11/h2-3,8,10H,4-7,9H2,1H3;2-3,8,10H,4-7H2,1H3. The lowest BCUT2D eigenvalue weighted by atomic mass is 9.99. The van der Waals surface area contributed by atoms with Gasteiger partial charge in [-0.15, -0.1) is 0 Å². The van der Waals surface area contributed by atoms with Gasteiger partial charge in [0.2, 0.25) is 0 Å². The number of fused-ring (bicyclic) bond motifs is 2. The van der Waals surface area contributed by atoms with Crippen LogP contribution in [0.15, 0.2) is 45.7 Å². The Kier molecular flexibility index (Phi) is 8.74. The normalized spacial score (nSPS) is 16.6. The topological polar surface area (TPSA) is 120 Å². The van der Waals surface area contributed by atoms with E-state index >= 15 is 0 Å². The van der Waals surface area contributed by atoms with Crippen LogP contribution in [0.4, 0.5) is 0 Å². The van der Waals surface area contributed by atoms with Gasteiger partial charge in [0.15, 0.2) is 0 Å². The summed E-state index contributed by atoms with van der Waals surface area (Å²) >= 11 is 5.57. The van der Waals surface area contributed by atoms with E-state index in [0.717, 1.165) is 80.2 Å². The van der Waals surface area contributed by atoms with Crippen molar-refractivity contribution in [2.75, 3.05) is 47.1 Å². The lowest BCUT2D eigenvalue weighted by Crippen LogP contribution is -2.40. The van der Waals surface area contributed by atoms with Crippen LogP contribution in [-0.2, 0) is 9.47 Å². The van der Waals surface area contributed by atoms with E-state index in [1.165, 1.54) is 0 Å². The van der Waals surface area contributed by atoms with Crippen LogP contribution in [0.2, 0.25) is 0 Å². The highest BCUT2D eigenvalue weighted by Gasteiger charge is 2.22. The van der Waals surface area contributed by atoms with Crippen LogP contribution >= 0.6 is 12.2 Å². The van der Waals surface area contributed by atoms with E-state index in [1.54, 1.807) is 23.1 Å². The van der Waals surface area contributed by atoms with Gasteiger partial charge in [-0.3, -0.25) is 4.79 Å². The molecule has 0 N–H and O–H groups in total. The van der Waals surface area contributed by atoms with Crippen LogP contribution in [-0.4, -0.2) is 94.4 Å². The zero-order valence-electron chi connectivity index (χ0n) is 22.1. The van der Waals surface area contributed by atoms with Gasteiger partial charge in [-0.2, -0.15) is 0 Å². The Morgan fingerprint density at radius 1 is 0.795 bits per heavy atom. The lowest BCUT2D eigenvalue weighted by Gasteiger charge is -2.33. The number of hydrogen-bond acceptors (Lipinski definition) is 10. The van der Waals surface area contributed by atoms with Gasteiger partial charge in [0.25, 0.3) is 5.91 Å². The molecule has 206 valence electrons. The number of thiocarbonyl (C=S) groups is 1. The maximum Gasteiger partial charge on any atom is 0.253 e. The van der Waals surface area contributed by atoms with Crippen molar-refractivity contribution < 1.29 is 23.5 Å². The first-order valence-electron chi connectivity index (χ1n) is 13.1. The van der Waals surface area contributed by atoms with E-state index < -0.39 is 0 Å². The quantitative estimate of drug-likeness (QED) is 0.337. The van der Waals surface area contributed by atoms with Gasteiger partial charge < -0.3 is 19.3 Å². The molecule has 2 aliphatic heterocycles. The average molecular weight is 553 g/mol. The first-order chi connectivity index (χ1) is 19.0. The summed E-state index contributed by atoms with van der Waals surface area (Å²) in [4.78, 5) is 17.2. The van der Waals surface area contributed by atoms with Gasteiger partial charge in [0, 0.05) is 64.2 Å². The first-order valence-corrected chi connectivity index (χ1v) is 13.5. The molecular weight excluding hydrogens is 520 g/mol. The number of hydrogen-bond donors (Lipinski definition) is 0. The van der Waals surface area contributed by atoms with Gasteiger partial charge in [-0.25, -0.2) is 9.26 Å². The van der Waals surface area contributed by atoms with Crippen molar-refractivity contribution in [1.29, 1.82) is 0 Å². The van der Waals surface area contributed by atoms with Crippen molar-refractivity contribution in [3.63, 3.8) is 0 Å². The van der Waals surface area contributed by atoms with E-state index in [4.69, 9.17) is 26.3 Å². The molecule has 0 bridgehead atoms. The molecule has 2 aliphatic rings. The van der Waals surface area contributed by atoms with Crippen LogP contribution in [0, 0.1) is 5.92 Å². The van der Waals surface area contributed by atoms with Crippen molar-refractivity contribution in [2.45, 2.75) is 31.7 Å². The number of ether oxygens (including phenoxy) is 2. The number of benzene rings is 2. The molecular formula is C27H32N6O5S. The summed E-state index contributed by atoms with van der Waals surface area (Å²) in [7, 11) is 3.88. The van der Waals surface area contributed by atoms with Gasteiger partial charge >= 0.3 is 0 Å². The first kappa shape index (κ1) is 27.1. The third-order valence-electron chi connectivity index (χ3n) is 7.28. The zero-order chi connectivity index (χ0) is 27.2. The van der Waals surface area contributed by atoms with Crippen molar-refractivity contribution >= 4 is 45.2 Å². The van der Waals surface area contributed by atoms with E-state index in [9.17, 15) is 4.79 Å². The van der Waals surface area contributed by atoms with Crippen LogP contribution in [0.25, 0.3) is 22.1 Å². The molecule has 12 heteroatoms. The minimum Gasteiger partial charge on any atom is -0.381 e. The highest BCUT2D eigenvalue weighted by molar-refractivity contribution is 7.80. The highest BCUT2D eigenvalue weighted by Crippen LogP contribution is 2.20. The van der Waals surface area contributed by atoms with Gasteiger partial charge in [-0.1, -0.05) is 12.2 Å². The summed E-state index contributed by atoms with van der Waals surface area (Å²) in [6, 6.07) is 11.4. The van der Waals surface area contributed by atoms with E-state index in [-0.39, 0.29) is 5.91 Å². The largest absolute Gasteiger partial charge is 0.381 e. The Hall–Kier alpha value is -3.48. The highest BCUT2D eigenvalue weighted by atomic mass is 32.1. The van der Waals surface area contributed by atoms with Gasteiger partial charge in [-0.05, 0) is 88.6 Å². The van der Waals surface area contributed by atoms with Crippen LogP contribution in [0.1, 0.15) is 41.6 Å². The van der Waals surface area contributed by atoms with Crippen LogP contribution < -0.4 is 0 Å². The number of rotatable bonds is 5. The third-order valence-corrected chi connectivity index (χ3v) is 7.80. The SMILES string of the molecule is CN(C(=S)c1ccc2nonc2c1)C1CCOCC1.CN(CC1CCOCC1)C(=O)c1ccc2nonc2c1. The fraction of sp³-hybridized carbons (Fsp3) is 0.481. The van der Waals surface area contributed by atoms with Crippen molar-refractivity contribution in [3.8, 4) is 0 Å². The van der Waals surface area contributed by atoms with E-state index in [2.05, 4.69) is 30.2 Å². The smallest absolute Gasteiger partial charge is 0.253 e. The molecule has 0 saturated carbocycles. The third kappa shape index (κ3) is 6.57. The van der Waals surface area contributed by atoms with E-state index in [1.807, 2.05) is 32.3 Å². The molecule has 6 rings (SSSR count). The summed E-state index contributed by atoms with van der Waals surface area (Å²) in [5.74, 6) is 0.525. The maximum atomic E-state index is 12.4. The Morgan fingerprint density at radius 3 is 1.92 bits per heavy atom. The molecule has 0 aliphatic carbocycles. The molecule has 0 atom stereocenters. The second kappa shape index (κ2) is 12.6. The molecule has 2 fully saturated rings. The second-order valence-electron chi connectivity index (χ2n) is 9.94. The number of amides is 1.